The third kappa shape index (κ3) is 3.93. The first kappa shape index (κ1) is 13.3. The molecule has 98 valence electrons. The predicted molar refractivity (Wildman–Crippen MR) is 70.4 cm³/mol. The second-order valence-electron chi connectivity index (χ2n) is 4.75. The second kappa shape index (κ2) is 6.71. The lowest BCUT2D eigenvalue weighted by Gasteiger charge is -2.34. The van der Waals surface area contributed by atoms with E-state index < -0.39 is 0 Å². The van der Waals surface area contributed by atoms with Crippen LogP contribution in [0.2, 0.25) is 0 Å². The first-order chi connectivity index (χ1) is 8.29. The number of piperazine rings is 1. The maximum absolute atomic E-state index is 12.0. The van der Waals surface area contributed by atoms with Crippen LogP contribution in [0.3, 0.4) is 0 Å². The number of halogens is 1. The molecule has 0 aromatic heterocycles. The monoisotopic (exact) mass is 304 g/mol. The number of carbonyl (C=O) groups is 1. The van der Waals surface area contributed by atoms with Gasteiger partial charge in [-0.25, -0.2) is 0 Å². The number of carbonyl (C=O) groups excluding carboxylic acids is 1. The lowest BCUT2D eigenvalue weighted by atomic mass is 10.1. The number of rotatable bonds is 4. The lowest BCUT2D eigenvalue weighted by molar-refractivity contribution is -0.135. The Morgan fingerprint density at radius 1 is 1.29 bits per heavy atom. The normalized spacial score (nSPS) is 26.4. The molecule has 0 saturated carbocycles. The molecule has 5 heteroatoms. The summed E-state index contributed by atoms with van der Waals surface area (Å²) in [5, 5.41) is 1.01. The summed E-state index contributed by atoms with van der Waals surface area (Å²) in [5.41, 5.74) is 0. The molecule has 2 heterocycles. The Balaban J connectivity index is 1.70. The molecule has 2 saturated heterocycles. The van der Waals surface area contributed by atoms with E-state index in [2.05, 4.69) is 20.8 Å². The van der Waals surface area contributed by atoms with Gasteiger partial charge in [0.1, 0.15) is 0 Å². The van der Waals surface area contributed by atoms with Crippen LogP contribution in [0.1, 0.15) is 19.3 Å². The van der Waals surface area contributed by atoms with E-state index in [1.165, 1.54) is 0 Å². The molecule has 2 fully saturated rings. The molecular weight excluding hydrogens is 284 g/mol. The summed E-state index contributed by atoms with van der Waals surface area (Å²) in [6.07, 6.45) is 2.92. The van der Waals surface area contributed by atoms with E-state index in [1.54, 1.807) is 0 Å². The van der Waals surface area contributed by atoms with Gasteiger partial charge in [0.15, 0.2) is 0 Å². The van der Waals surface area contributed by atoms with E-state index in [4.69, 9.17) is 4.74 Å². The van der Waals surface area contributed by atoms with E-state index in [9.17, 15) is 4.79 Å². The fourth-order valence-corrected chi connectivity index (χ4v) is 2.97. The van der Waals surface area contributed by atoms with Gasteiger partial charge in [0.25, 0.3) is 0 Å². The predicted octanol–water partition coefficient (Wildman–Crippen LogP) is 1.09. The minimum absolute atomic E-state index is 0.183. The third-order valence-electron chi connectivity index (χ3n) is 3.55. The molecule has 0 aliphatic carbocycles. The summed E-state index contributed by atoms with van der Waals surface area (Å²) in [6.45, 7) is 5.66. The Bertz CT molecular complexity index is 249. The fourth-order valence-electron chi connectivity index (χ4n) is 2.47. The van der Waals surface area contributed by atoms with Crippen molar-refractivity contribution < 1.29 is 9.53 Å². The van der Waals surface area contributed by atoms with Crippen molar-refractivity contribution in [2.45, 2.75) is 25.4 Å². The van der Waals surface area contributed by atoms with Gasteiger partial charge >= 0.3 is 0 Å². The van der Waals surface area contributed by atoms with Crippen molar-refractivity contribution in [3.8, 4) is 0 Å². The highest BCUT2D eigenvalue weighted by Crippen LogP contribution is 2.17. The Hall–Kier alpha value is -0.130. The highest BCUT2D eigenvalue weighted by molar-refractivity contribution is 9.09. The van der Waals surface area contributed by atoms with Crippen LogP contribution in [0.15, 0.2) is 0 Å². The van der Waals surface area contributed by atoms with Gasteiger partial charge in [-0.05, 0) is 12.8 Å². The number of alkyl halides is 1. The maximum atomic E-state index is 12.0. The average Bonchev–Trinajstić information content (AvgIpc) is 2.83. The van der Waals surface area contributed by atoms with Gasteiger partial charge in [-0.3, -0.25) is 9.69 Å². The topological polar surface area (TPSA) is 32.8 Å². The van der Waals surface area contributed by atoms with E-state index in [-0.39, 0.29) is 12.0 Å². The summed E-state index contributed by atoms with van der Waals surface area (Å²) in [4.78, 5) is 16.4. The molecule has 0 radical (unpaired) electrons. The van der Waals surface area contributed by atoms with Gasteiger partial charge in [0.05, 0.1) is 12.5 Å². The zero-order chi connectivity index (χ0) is 12.1. The maximum Gasteiger partial charge on any atom is 0.225 e. The van der Waals surface area contributed by atoms with Crippen LogP contribution in [0.4, 0.5) is 0 Å². The van der Waals surface area contributed by atoms with Crippen LogP contribution in [-0.2, 0) is 9.53 Å². The molecule has 4 nitrogen and oxygen atoms in total. The molecule has 17 heavy (non-hydrogen) atoms. The molecule has 1 unspecified atom stereocenters. The number of hydrogen-bond acceptors (Lipinski definition) is 3. The van der Waals surface area contributed by atoms with Gasteiger partial charge in [-0.1, -0.05) is 15.9 Å². The van der Waals surface area contributed by atoms with E-state index >= 15 is 0 Å². The van der Waals surface area contributed by atoms with Crippen molar-refractivity contribution in [1.29, 1.82) is 0 Å². The van der Waals surface area contributed by atoms with E-state index in [1.807, 2.05) is 4.90 Å². The molecule has 1 amide bonds. The van der Waals surface area contributed by atoms with Crippen LogP contribution in [0.5, 0.6) is 0 Å². The minimum atomic E-state index is 0.183. The Morgan fingerprint density at radius 3 is 2.65 bits per heavy atom. The average molecular weight is 305 g/mol. The van der Waals surface area contributed by atoms with Crippen LogP contribution >= 0.6 is 15.9 Å². The Morgan fingerprint density at radius 2 is 2.06 bits per heavy atom. The van der Waals surface area contributed by atoms with Gasteiger partial charge in [-0.15, -0.1) is 0 Å². The minimum Gasteiger partial charge on any atom is -0.378 e. The number of amides is 1. The van der Waals surface area contributed by atoms with Gasteiger partial charge in [0, 0.05) is 44.7 Å². The zero-order valence-electron chi connectivity index (χ0n) is 10.2. The van der Waals surface area contributed by atoms with Crippen LogP contribution in [0.25, 0.3) is 0 Å². The molecule has 0 N–H and O–H groups in total. The first-order valence-corrected chi connectivity index (χ1v) is 7.59. The van der Waals surface area contributed by atoms with Crippen molar-refractivity contribution in [3.63, 3.8) is 0 Å². The largest absolute Gasteiger partial charge is 0.378 e. The van der Waals surface area contributed by atoms with Crippen molar-refractivity contribution in [2.24, 2.45) is 0 Å². The molecule has 0 aromatic rings. The summed E-state index contributed by atoms with van der Waals surface area (Å²) in [6, 6.07) is 0. The summed E-state index contributed by atoms with van der Waals surface area (Å²) in [5.74, 6) is 0.274. The molecular formula is C12H21BrN2O2. The smallest absolute Gasteiger partial charge is 0.225 e. The van der Waals surface area contributed by atoms with Crippen LogP contribution in [-0.4, -0.2) is 66.5 Å². The first-order valence-electron chi connectivity index (χ1n) is 6.47. The van der Waals surface area contributed by atoms with Crippen LogP contribution < -0.4 is 0 Å². The van der Waals surface area contributed by atoms with E-state index in [0.717, 1.165) is 57.5 Å². The Kier molecular flexibility index (Phi) is 5.25. The molecule has 2 rings (SSSR count). The quantitative estimate of drug-likeness (QED) is 0.729. The zero-order valence-corrected chi connectivity index (χ0v) is 11.8. The number of ether oxygens (including phenoxy) is 1. The number of nitrogens with zero attached hydrogens (tertiary/aromatic N) is 2. The summed E-state index contributed by atoms with van der Waals surface area (Å²) in [7, 11) is 0. The van der Waals surface area contributed by atoms with Crippen molar-refractivity contribution in [3.05, 3.63) is 0 Å². The molecule has 2 aliphatic rings. The molecule has 0 bridgehead atoms. The molecule has 2 aliphatic heterocycles. The standard InChI is InChI=1S/C12H21BrN2O2/c13-3-4-14-5-7-15(8-6-14)12(16)10-11-2-1-9-17-11/h11H,1-10H2. The highest BCUT2D eigenvalue weighted by atomic mass is 79.9. The summed E-state index contributed by atoms with van der Waals surface area (Å²) >= 11 is 3.45. The number of hydrogen-bond donors (Lipinski definition) is 0. The van der Waals surface area contributed by atoms with Gasteiger partial charge in [-0.2, -0.15) is 0 Å². The van der Waals surface area contributed by atoms with Crippen molar-refractivity contribution in [1.82, 2.24) is 9.80 Å². The van der Waals surface area contributed by atoms with Gasteiger partial charge in [0.2, 0.25) is 5.91 Å². The molecule has 0 aromatic carbocycles. The fraction of sp³-hybridized carbons (Fsp3) is 0.917. The molecule has 1 atom stereocenters. The third-order valence-corrected chi connectivity index (χ3v) is 3.91. The van der Waals surface area contributed by atoms with Gasteiger partial charge < -0.3 is 9.64 Å². The Labute approximate surface area is 111 Å². The van der Waals surface area contributed by atoms with Crippen LogP contribution in [0, 0.1) is 0 Å². The van der Waals surface area contributed by atoms with Crippen molar-refractivity contribution in [2.75, 3.05) is 44.7 Å². The second-order valence-corrected chi connectivity index (χ2v) is 5.54. The lowest BCUT2D eigenvalue weighted by Crippen LogP contribution is -2.49. The van der Waals surface area contributed by atoms with E-state index in [0.29, 0.717) is 6.42 Å². The molecule has 0 spiro atoms. The SMILES string of the molecule is O=C(CC1CCCO1)N1CCN(CCBr)CC1. The van der Waals surface area contributed by atoms with Crippen molar-refractivity contribution >= 4 is 21.8 Å². The highest BCUT2D eigenvalue weighted by Gasteiger charge is 2.25. The summed E-state index contributed by atoms with van der Waals surface area (Å²) < 4.78 is 5.51.